The van der Waals surface area contributed by atoms with Crippen molar-refractivity contribution in [3.63, 3.8) is 0 Å². The van der Waals surface area contributed by atoms with Gasteiger partial charge >= 0.3 is 0 Å². The third kappa shape index (κ3) is 6.24. The van der Waals surface area contributed by atoms with Crippen molar-refractivity contribution in [3.8, 4) is 0 Å². The summed E-state index contributed by atoms with van der Waals surface area (Å²) in [6.45, 7) is 2.34. The number of carbonyl (C=O) groups is 1. The van der Waals surface area contributed by atoms with Crippen molar-refractivity contribution in [1.82, 2.24) is 4.90 Å². The summed E-state index contributed by atoms with van der Waals surface area (Å²) < 4.78 is 19.0. The number of alkyl halides is 1. The van der Waals surface area contributed by atoms with Crippen molar-refractivity contribution in [2.24, 2.45) is 5.18 Å². The Morgan fingerprint density at radius 3 is 2.41 bits per heavy atom. The number of halogens is 2. The lowest BCUT2D eigenvalue weighted by Crippen LogP contribution is -2.50. The minimum Gasteiger partial charge on any atom is -0.382 e. The monoisotopic (exact) mass is 488 g/mol. The number of amides is 1. The first-order chi connectivity index (χ1) is 16.6. The average molecular weight is 489 g/mol. The zero-order valence-corrected chi connectivity index (χ0v) is 19.8. The van der Waals surface area contributed by atoms with Crippen molar-refractivity contribution in [2.75, 3.05) is 43.0 Å². The molecule has 1 saturated carbocycles. The number of hydrogen-bond donors (Lipinski definition) is 1. The van der Waals surface area contributed by atoms with Crippen LogP contribution in [0, 0.1) is 4.91 Å². The quantitative estimate of drug-likeness (QED) is 0.510. The average Bonchev–Trinajstić information content (AvgIpc) is 2.88. The predicted octanol–water partition coefficient (Wildman–Crippen LogP) is 5.30. The fourth-order valence-electron chi connectivity index (χ4n) is 4.63. The summed E-state index contributed by atoms with van der Waals surface area (Å²) in [5.41, 5.74) is 2.35. The molecule has 2 aromatic rings. The number of carbonyl (C=O) groups excluding carboxylic acids is 1. The Bertz CT molecular complexity index is 975. The van der Waals surface area contributed by atoms with Crippen molar-refractivity contribution in [2.45, 2.75) is 44.5 Å². The summed E-state index contributed by atoms with van der Waals surface area (Å²) in [6, 6.07) is 13.0. The Hall–Kier alpha value is -2.71. The van der Waals surface area contributed by atoms with Gasteiger partial charge in [0.25, 0.3) is 0 Å². The van der Waals surface area contributed by atoms with E-state index in [9.17, 15) is 14.1 Å². The van der Waals surface area contributed by atoms with E-state index in [1.807, 2.05) is 29.2 Å². The summed E-state index contributed by atoms with van der Waals surface area (Å²) in [7, 11) is 0. The van der Waals surface area contributed by atoms with Crippen LogP contribution in [0.1, 0.15) is 31.2 Å². The van der Waals surface area contributed by atoms with E-state index < -0.39 is 6.67 Å². The zero-order chi connectivity index (χ0) is 23.9. The highest BCUT2D eigenvalue weighted by Gasteiger charge is 2.25. The molecule has 4 rings (SSSR count). The topological polar surface area (TPSA) is 74.2 Å². The van der Waals surface area contributed by atoms with E-state index >= 15 is 0 Å². The number of ether oxygens (including phenoxy) is 1. The molecule has 0 spiro atoms. The lowest BCUT2D eigenvalue weighted by atomic mass is 9.92. The Kier molecular flexibility index (Phi) is 8.34. The summed E-state index contributed by atoms with van der Waals surface area (Å²) in [4.78, 5) is 27.5. The molecule has 7 nitrogen and oxygen atoms in total. The normalized spacial score (nSPS) is 20.8. The highest BCUT2D eigenvalue weighted by Crippen LogP contribution is 2.28. The van der Waals surface area contributed by atoms with Crippen molar-refractivity contribution in [1.29, 1.82) is 0 Å². The fourth-order valence-corrected chi connectivity index (χ4v) is 4.75. The number of piperazine rings is 1. The number of hydrogen-bond acceptors (Lipinski definition) is 6. The molecule has 1 heterocycles. The molecule has 0 aromatic heterocycles. The van der Waals surface area contributed by atoms with Gasteiger partial charge in [0.05, 0.1) is 6.10 Å². The van der Waals surface area contributed by atoms with Gasteiger partial charge in [-0.1, -0.05) is 11.6 Å². The van der Waals surface area contributed by atoms with Crippen LogP contribution < -0.4 is 10.2 Å². The third-order valence-electron chi connectivity index (χ3n) is 6.63. The van der Waals surface area contributed by atoms with Gasteiger partial charge in [-0.25, -0.2) is 4.39 Å². The lowest BCUT2D eigenvalue weighted by molar-refractivity contribution is -0.139. The van der Waals surface area contributed by atoms with Crippen LogP contribution in [0.15, 0.2) is 47.6 Å². The van der Waals surface area contributed by atoms with Crippen LogP contribution >= 0.6 is 11.6 Å². The van der Waals surface area contributed by atoms with Crippen molar-refractivity contribution < 1.29 is 13.9 Å². The van der Waals surface area contributed by atoms with Crippen molar-refractivity contribution >= 4 is 34.6 Å². The molecule has 2 fully saturated rings. The van der Waals surface area contributed by atoms with Crippen LogP contribution in [0.5, 0.6) is 0 Å². The van der Waals surface area contributed by atoms with Crippen LogP contribution in [0.4, 0.5) is 21.5 Å². The first-order valence-electron chi connectivity index (χ1n) is 11.7. The molecule has 1 aliphatic heterocycles. The molecule has 1 amide bonds. The Morgan fingerprint density at radius 1 is 1.06 bits per heavy atom. The number of nitrogens with zero attached hydrogens (tertiary/aromatic N) is 3. The van der Waals surface area contributed by atoms with Gasteiger partial charge in [0.2, 0.25) is 5.91 Å². The molecule has 0 bridgehead atoms. The van der Waals surface area contributed by atoms with Gasteiger partial charge in [0.1, 0.15) is 19.0 Å². The largest absolute Gasteiger partial charge is 0.382 e. The Labute approximate surface area is 204 Å². The van der Waals surface area contributed by atoms with Gasteiger partial charge in [0.15, 0.2) is 0 Å². The molecule has 2 aromatic carbocycles. The molecule has 2 aliphatic rings. The first kappa shape index (κ1) is 24.4. The minimum atomic E-state index is -0.721. The van der Waals surface area contributed by atoms with E-state index in [1.165, 1.54) is 0 Å². The van der Waals surface area contributed by atoms with Gasteiger partial charge in [-0.15, -0.1) is 4.91 Å². The highest BCUT2D eigenvalue weighted by molar-refractivity contribution is 6.30. The van der Waals surface area contributed by atoms with Gasteiger partial charge < -0.3 is 19.9 Å². The molecule has 0 atom stereocenters. The molecule has 0 radical (unpaired) electrons. The third-order valence-corrected chi connectivity index (χ3v) is 6.89. The second-order valence-corrected chi connectivity index (χ2v) is 9.28. The molecule has 182 valence electrons. The second kappa shape index (κ2) is 11.6. The summed E-state index contributed by atoms with van der Waals surface area (Å²) in [6.07, 6.45) is 3.59. The zero-order valence-electron chi connectivity index (χ0n) is 19.1. The first-order valence-corrected chi connectivity index (χ1v) is 12.1. The van der Waals surface area contributed by atoms with E-state index in [-0.39, 0.29) is 30.3 Å². The van der Waals surface area contributed by atoms with E-state index in [0.29, 0.717) is 18.7 Å². The summed E-state index contributed by atoms with van der Waals surface area (Å²) >= 11 is 5.97. The number of nitrogens with one attached hydrogen (secondary N) is 1. The Morgan fingerprint density at radius 2 is 1.76 bits per heavy atom. The van der Waals surface area contributed by atoms with Gasteiger partial charge in [-0.05, 0) is 73.3 Å². The molecule has 1 saturated heterocycles. The number of anilines is 2. The van der Waals surface area contributed by atoms with Crippen LogP contribution in [-0.4, -0.2) is 55.7 Å². The van der Waals surface area contributed by atoms with Crippen LogP contribution in [0.25, 0.3) is 0 Å². The van der Waals surface area contributed by atoms with Gasteiger partial charge in [-0.3, -0.25) is 4.79 Å². The van der Waals surface area contributed by atoms with Crippen molar-refractivity contribution in [3.05, 3.63) is 58.0 Å². The SMILES string of the molecule is O=Nc1ccc(NC2CCC(OCC(=O)N3CCN(c4ccc(Cl)cc4)CC3)CC2)cc1CF. The predicted molar refractivity (Wildman–Crippen MR) is 133 cm³/mol. The molecule has 9 heteroatoms. The van der Waals surface area contributed by atoms with Crippen LogP contribution in [-0.2, 0) is 16.2 Å². The smallest absolute Gasteiger partial charge is 0.248 e. The summed E-state index contributed by atoms with van der Waals surface area (Å²) in [5.74, 6) is 0.0404. The second-order valence-electron chi connectivity index (χ2n) is 8.84. The molecular weight excluding hydrogens is 459 g/mol. The molecule has 1 aliphatic carbocycles. The molecule has 0 unspecified atom stereocenters. The maximum Gasteiger partial charge on any atom is 0.248 e. The number of rotatable bonds is 8. The van der Waals surface area contributed by atoms with E-state index in [4.69, 9.17) is 16.3 Å². The fraction of sp³-hybridized carbons (Fsp3) is 0.480. The Balaban J connectivity index is 1.16. The molecule has 1 N–H and O–H groups in total. The maximum atomic E-state index is 13.1. The summed E-state index contributed by atoms with van der Waals surface area (Å²) in [5, 5.41) is 6.99. The van der Waals surface area contributed by atoms with E-state index in [1.54, 1.807) is 18.2 Å². The minimum absolute atomic E-state index is 0.0404. The maximum absolute atomic E-state index is 13.1. The number of benzene rings is 2. The lowest BCUT2D eigenvalue weighted by Gasteiger charge is -2.36. The number of nitroso groups, excluding NO2 is 1. The highest BCUT2D eigenvalue weighted by atomic mass is 35.5. The van der Waals surface area contributed by atoms with Crippen LogP contribution in [0.2, 0.25) is 5.02 Å². The van der Waals surface area contributed by atoms with E-state index in [0.717, 1.165) is 55.2 Å². The standard InChI is InChI=1S/C25H30ClFN4O3/c26-19-1-6-22(7-2-19)30-11-13-31(14-12-30)25(32)17-34-23-8-3-20(4-9-23)28-21-5-10-24(29-33)18(15-21)16-27/h1-2,5-7,10,15,20,23,28H,3-4,8-9,11-14,16-17H2. The molecule has 34 heavy (non-hydrogen) atoms. The van der Waals surface area contributed by atoms with Gasteiger partial charge in [0, 0.05) is 54.2 Å². The van der Waals surface area contributed by atoms with Crippen LogP contribution in [0.3, 0.4) is 0 Å². The van der Waals surface area contributed by atoms with Gasteiger partial charge in [-0.2, -0.15) is 0 Å². The van der Waals surface area contributed by atoms with E-state index in [2.05, 4.69) is 15.4 Å². The molecular formula is C25H30ClFN4O3.